The van der Waals surface area contributed by atoms with Gasteiger partial charge in [-0.1, -0.05) is 0 Å². The molecule has 6 heteroatoms. The molecule has 0 radical (unpaired) electrons. The smallest absolute Gasteiger partial charge is 0.131 e. The molecule has 0 aromatic carbocycles. The number of aryl methyl sites for hydroxylation is 2. The molecule has 0 amide bonds. The van der Waals surface area contributed by atoms with Crippen molar-refractivity contribution in [2.75, 3.05) is 7.05 Å². The Labute approximate surface area is 98.5 Å². The third-order valence-corrected chi connectivity index (χ3v) is 3.17. The van der Waals surface area contributed by atoms with Gasteiger partial charge in [0.25, 0.3) is 0 Å². The third-order valence-electron chi connectivity index (χ3n) is 2.35. The van der Waals surface area contributed by atoms with Crippen molar-refractivity contribution in [3.63, 3.8) is 0 Å². The molecule has 0 aliphatic carbocycles. The minimum absolute atomic E-state index is 0.829. The Morgan fingerprint density at radius 1 is 1.31 bits per heavy atom. The Morgan fingerprint density at radius 2 is 2.12 bits per heavy atom. The summed E-state index contributed by atoms with van der Waals surface area (Å²) in [5, 5.41) is 17.1. The molecular weight excluding hydrogens is 222 g/mol. The lowest BCUT2D eigenvalue weighted by atomic mass is 10.2. The molecule has 5 nitrogen and oxygen atoms in total. The highest BCUT2D eigenvalue weighted by molar-refractivity contribution is 7.11. The van der Waals surface area contributed by atoms with E-state index in [0.717, 1.165) is 28.8 Å². The molecule has 0 spiro atoms. The molecule has 0 aliphatic heterocycles. The predicted octanol–water partition coefficient (Wildman–Crippen LogP) is 1.51. The molecule has 2 heterocycles. The second-order valence-corrected chi connectivity index (χ2v) is 5.17. The van der Waals surface area contributed by atoms with E-state index in [4.69, 9.17) is 0 Å². The quantitative estimate of drug-likeness (QED) is 0.875. The van der Waals surface area contributed by atoms with Crippen LogP contribution in [0.5, 0.6) is 0 Å². The molecule has 0 fully saturated rings. The molecule has 16 heavy (non-hydrogen) atoms. The summed E-state index contributed by atoms with van der Waals surface area (Å²) in [6.45, 7) is 5.71. The van der Waals surface area contributed by atoms with Crippen LogP contribution in [0.25, 0.3) is 0 Å². The summed E-state index contributed by atoms with van der Waals surface area (Å²) < 4.78 is 0. The average Bonchev–Trinajstić information content (AvgIpc) is 2.77. The summed E-state index contributed by atoms with van der Waals surface area (Å²) >= 11 is 1.65. The monoisotopic (exact) mass is 237 g/mol. The van der Waals surface area contributed by atoms with Crippen molar-refractivity contribution in [1.29, 1.82) is 0 Å². The van der Waals surface area contributed by atoms with Crippen LogP contribution in [0.1, 0.15) is 21.3 Å². The van der Waals surface area contributed by atoms with Crippen LogP contribution >= 0.6 is 11.3 Å². The molecule has 2 aromatic heterocycles. The van der Waals surface area contributed by atoms with Gasteiger partial charge in [-0.3, -0.25) is 10.00 Å². The molecular formula is C10H15N5S. The lowest BCUT2D eigenvalue weighted by Crippen LogP contribution is -2.17. The number of hydrogen-bond donors (Lipinski definition) is 1. The number of aromatic amines is 1. The number of aromatic nitrogens is 4. The van der Waals surface area contributed by atoms with Gasteiger partial charge in [-0.2, -0.15) is 5.10 Å². The van der Waals surface area contributed by atoms with Gasteiger partial charge >= 0.3 is 0 Å². The first-order valence-corrected chi connectivity index (χ1v) is 5.93. The zero-order valence-electron chi connectivity index (χ0n) is 9.69. The van der Waals surface area contributed by atoms with Gasteiger partial charge < -0.3 is 0 Å². The van der Waals surface area contributed by atoms with Crippen LogP contribution in [0, 0.1) is 13.8 Å². The molecule has 1 N–H and O–H groups in total. The van der Waals surface area contributed by atoms with Gasteiger partial charge in [0.15, 0.2) is 0 Å². The maximum absolute atomic E-state index is 4.11. The zero-order chi connectivity index (χ0) is 11.5. The van der Waals surface area contributed by atoms with Crippen LogP contribution in [-0.4, -0.2) is 32.3 Å². The summed E-state index contributed by atoms with van der Waals surface area (Å²) in [6, 6.07) is 0. The van der Waals surface area contributed by atoms with E-state index in [1.807, 2.05) is 20.0 Å². The van der Waals surface area contributed by atoms with Crippen molar-refractivity contribution in [3.8, 4) is 0 Å². The fraction of sp³-hybridized carbons (Fsp3) is 0.500. The molecule has 86 valence electrons. The van der Waals surface area contributed by atoms with Crippen LogP contribution < -0.4 is 0 Å². The zero-order valence-corrected chi connectivity index (χ0v) is 10.5. The Kier molecular flexibility index (Phi) is 3.31. The summed E-state index contributed by atoms with van der Waals surface area (Å²) in [5.41, 5.74) is 2.35. The van der Waals surface area contributed by atoms with E-state index in [-0.39, 0.29) is 0 Å². The minimum atomic E-state index is 0.829. The highest BCUT2D eigenvalue weighted by atomic mass is 32.1. The van der Waals surface area contributed by atoms with Crippen molar-refractivity contribution in [1.82, 2.24) is 25.3 Å². The third kappa shape index (κ3) is 2.65. The highest BCUT2D eigenvalue weighted by Gasteiger charge is 2.08. The Morgan fingerprint density at radius 3 is 2.69 bits per heavy atom. The van der Waals surface area contributed by atoms with Gasteiger partial charge in [0.05, 0.1) is 12.7 Å². The number of rotatable bonds is 4. The maximum Gasteiger partial charge on any atom is 0.131 e. The minimum Gasteiger partial charge on any atom is -0.295 e. The molecule has 0 atom stereocenters. The van der Waals surface area contributed by atoms with Crippen molar-refractivity contribution in [2.24, 2.45) is 0 Å². The number of nitrogens with one attached hydrogen (secondary N) is 1. The van der Waals surface area contributed by atoms with Crippen LogP contribution in [-0.2, 0) is 13.1 Å². The van der Waals surface area contributed by atoms with Crippen LogP contribution in [0.15, 0.2) is 6.20 Å². The fourth-order valence-corrected chi connectivity index (χ4v) is 2.30. The van der Waals surface area contributed by atoms with Gasteiger partial charge in [-0.25, -0.2) is 0 Å². The largest absolute Gasteiger partial charge is 0.295 e. The van der Waals surface area contributed by atoms with Crippen molar-refractivity contribution in [2.45, 2.75) is 26.9 Å². The van der Waals surface area contributed by atoms with Crippen molar-refractivity contribution < 1.29 is 0 Å². The summed E-state index contributed by atoms with van der Waals surface area (Å²) in [7, 11) is 2.07. The summed E-state index contributed by atoms with van der Waals surface area (Å²) in [4.78, 5) is 2.21. The topological polar surface area (TPSA) is 57.7 Å². The Hall–Kier alpha value is -1.27. The van der Waals surface area contributed by atoms with Gasteiger partial charge in [0, 0.05) is 17.8 Å². The number of hydrogen-bond acceptors (Lipinski definition) is 5. The van der Waals surface area contributed by atoms with Gasteiger partial charge in [-0.05, 0) is 20.9 Å². The normalized spacial score (nSPS) is 11.2. The Balaban J connectivity index is 1.94. The van der Waals surface area contributed by atoms with Crippen molar-refractivity contribution in [3.05, 3.63) is 27.5 Å². The molecule has 0 saturated carbocycles. The predicted molar refractivity (Wildman–Crippen MR) is 63.1 cm³/mol. The molecule has 2 aromatic rings. The van der Waals surface area contributed by atoms with E-state index >= 15 is 0 Å². The molecule has 0 aliphatic rings. The summed E-state index contributed by atoms with van der Waals surface area (Å²) in [6.07, 6.45) is 1.87. The van der Waals surface area contributed by atoms with E-state index in [9.17, 15) is 0 Å². The Bertz CT molecular complexity index is 461. The fourth-order valence-electron chi connectivity index (χ4n) is 1.51. The standard InChI is InChI=1S/C10H15N5S/c1-7-9(4-11-12-7)5-15(3)6-10-14-13-8(2)16-10/h4H,5-6H2,1-3H3,(H,11,12). The number of H-pyrrole nitrogens is 1. The average molecular weight is 237 g/mol. The number of nitrogens with zero attached hydrogens (tertiary/aromatic N) is 4. The molecule has 0 saturated heterocycles. The first-order valence-electron chi connectivity index (χ1n) is 5.11. The molecule has 0 unspecified atom stereocenters. The van der Waals surface area contributed by atoms with Crippen LogP contribution in [0.2, 0.25) is 0 Å². The van der Waals surface area contributed by atoms with Gasteiger partial charge in [-0.15, -0.1) is 21.5 Å². The van der Waals surface area contributed by atoms with E-state index in [1.165, 1.54) is 5.56 Å². The maximum atomic E-state index is 4.11. The van der Waals surface area contributed by atoms with Crippen LogP contribution in [0.4, 0.5) is 0 Å². The lowest BCUT2D eigenvalue weighted by molar-refractivity contribution is 0.317. The SMILES string of the molecule is Cc1nnc(CN(C)Cc2cn[nH]c2C)s1. The van der Waals surface area contributed by atoms with E-state index in [2.05, 4.69) is 32.3 Å². The first-order chi connectivity index (χ1) is 7.65. The van der Waals surface area contributed by atoms with E-state index in [1.54, 1.807) is 11.3 Å². The summed E-state index contributed by atoms with van der Waals surface area (Å²) in [5.74, 6) is 0. The van der Waals surface area contributed by atoms with Crippen molar-refractivity contribution >= 4 is 11.3 Å². The molecule has 2 rings (SSSR count). The lowest BCUT2D eigenvalue weighted by Gasteiger charge is -2.13. The van der Waals surface area contributed by atoms with E-state index in [0.29, 0.717) is 0 Å². The van der Waals surface area contributed by atoms with Gasteiger partial charge in [0.1, 0.15) is 10.0 Å². The highest BCUT2D eigenvalue weighted by Crippen LogP contribution is 2.12. The first kappa shape index (κ1) is 11.2. The second-order valence-electron chi connectivity index (χ2n) is 3.91. The molecule has 0 bridgehead atoms. The van der Waals surface area contributed by atoms with Crippen LogP contribution in [0.3, 0.4) is 0 Å². The second kappa shape index (κ2) is 4.71. The van der Waals surface area contributed by atoms with Gasteiger partial charge in [0.2, 0.25) is 0 Å². The van der Waals surface area contributed by atoms with E-state index < -0.39 is 0 Å².